The van der Waals surface area contributed by atoms with E-state index in [2.05, 4.69) is 6.92 Å². The third-order valence-electron chi connectivity index (χ3n) is 8.15. The average molecular weight is 780 g/mol. The van der Waals surface area contributed by atoms with Crippen LogP contribution in [0.3, 0.4) is 0 Å². The van der Waals surface area contributed by atoms with E-state index >= 15 is 0 Å². The highest BCUT2D eigenvalue weighted by molar-refractivity contribution is 5.89. The van der Waals surface area contributed by atoms with Crippen molar-refractivity contribution in [3.63, 3.8) is 0 Å². The number of nitrogens with one attached hydrogen (secondary N) is 1. The number of rotatable bonds is 27. The summed E-state index contributed by atoms with van der Waals surface area (Å²) in [6, 6.07) is -2.30. The van der Waals surface area contributed by atoms with E-state index in [4.69, 9.17) is 4.74 Å². The molecule has 0 aromatic heterocycles. The van der Waals surface area contributed by atoms with Crippen LogP contribution in [0.2, 0.25) is 0 Å². The molecule has 19 heteroatoms. The lowest BCUT2D eigenvalue weighted by atomic mass is 9.90. The quantitative estimate of drug-likeness (QED) is 0.0513. The standard InChI is InChI=1S/C32H48F15NO3/c1-4-5-6-7-8-9-10-11-12-13-14-15-16-17-18-19-20-51-24(49)23(21-22(2)3)48-25(50)26(33,34)27(35,36)28(37,38)29(39,40)30(41,42)31(43,44)32(45,46)47/h22-23H,4-21H2,1-3H3,(H,48,50). The van der Waals surface area contributed by atoms with Crippen LogP contribution in [0.4, 0.5) is 65.9 Å². The van der Waals surface area contributed by atoms with Crippen LogP contribution < -0.4 is 5.32 Å². The van der Waals surface area contributed by atoms with Gasteiger partial charge in [0.05, 0.1) is 6.61 Å². The highest BCUT2D eigenvalue weighted by atomic mass is 19.4. The molecule has 1 atom stereocenters. The van der Waals surface area contributed by atoms with Crippen molar-refractivity contribution in [3.05, 3.63) is 0 Å². The van der Waals surface area contributed by atoms with Crippen LogP contribution in [0, 0.1) is 5.92 Å². The Morgan fingerprint density at radius 1 is 0.510 bits per heavy atom. The molecule has 1 amide bonds. The molecule has 0 aromatic rings. The van der Waals surface area contributed by atoms with Crippen molar-refractivity contribution in [1.29, 1.82) is 0 Å². The van der Waals surface area contributed by atoms with Crippen molar-refractivity contribution in [2.24, 2.45) is 5.92 Å². The van der Waals surface area contributed by atoms with Crippen LogP contribution in [-0.2, 0) is 14.3 Å². The molecule has 4 nitrogen and oxygen atoms in total. The maximum Gasteiger partial charge on any atom is 0.460 e. The Bertz CT molecular complexity index is 1030. The highest BCUT2D eigenvalue weighted by Gasteiger charge is 2.94. The molecule has 0 saturated carbocycles. The molecule has 0 aliphatic heterocycles. The van der Waals surface area contributed by atoms with E-state index < -0.39 is 72.0 Å². The van der Waals surface area contributed by atoms with Gasteiger partial charge >= 0.3 is 47.7 Å². The molecule has 0 rings (SSSR count). The van der Waals surface area contributed by atoms with Gasteiger partial charge in [0.1, 0.15) is 6.04 Å². The van der Waals surface area contributed by atoms with Gasteiger partial charge < -0.3 is 10.1 Å². The van der Waals surface area contributed by atoms with E-state index in [1.54, 1.807) is 0 Å². The van der Waals surface area contributed by atoms with E-state index in [0.717, 1.165) is 43.8 Å². The van der Waals surface area contributed by atoms with Crippen molar-refractivity contribution >= 4 is 11.9 Å². The monoisotopic (exact) mass is 779 g/mol. The first-order valence-electron chi connectivity index (χ1n) is 17.0. The number of carbonyl (C=O) groups excluding carboxylic acids is 2. The molecule has 0 aromatic carbocycles. The van der Waals surface area contributed by atoms with Crippen molar-refractivity contribution < 1.29 is 80.2 Å². The molecule has 0 spiro atoms. The van der Waals surface area contributed by atoms with Crippen LogP contribution in [-0.4, -0.2) is 66.2 Å². The smallest absolute Gasteiger partial charge is 0.460 e. The number of carbonyl (C=O) groups is 2. The van der Waals surface area contributed by atoms with Crippen LogP contribution >= 0.6 is 0 Å². The molecular weight excluding hydrogens is 731 g/mol. The molecule has 0 radical (unpaired) electrons. The topological polar surface area (TPSA) is 55.4 Å². The zero-order chi connectivity index (χ0) is 40.0. The SMILES string of the molecule is CCCCCCCCCCCCCCCCCCOC(=O)C(CC(C)C)NC(=O)C(F)(F)C(F)(F)C(F)(F)C(F)(F)C(F)(F)C(F)(F)C(F)(F)F. The van der Waals surface area contributed by atoms with Gasteiger partial charge in [-0.3, -0.25) is 4.79 Å². The molecule has 0 fully saturated rings. The summed E-state index contributed by atoms with van der Waals surface area (Å²) in [5.41, 5.74) is 0. The predicted octanol–water partition coefficient (Wildman–Crippen LogP) is 11.7. The first-order valence-corrected chi connectivity index (χ1v) is 17.0. The lowest BCUT2D eigenvalue weighted by Gasteiger charge is -2.41. The minimum Gasteiger partial charge on any atom is -0.464 e. The largest absolute Gasteiger partial charge is 0.464 e. The van der Waals surface area contributed by atoms with Gasteiger partial charge in [0.15, 0.2) is 0 Å². The van der Waals surface area contributed by atoms with Crippen LogP contribution in [0.15, 0.2) is 0 Å². The van der Waals surface area contributed by atoms with Gasteiger partial charge in [0, 0.05) is 0 Å². The number of hydrogen-bond acceptors (Lipinski definition) is 3. The van der Waals surface area contributed by atoms with Crippen LogP contribution in [0.25, 0.3) is 0 Å². The van der Waals surface area contributed by atoms with Crippen LogP contribution in [0.5, 0.6) is 0 Å². The van der Waals surface area contributed by atoms with E-state index in [9.17, 15) is 75.4 Å². The highest BCUT2D eigenvalue weighted by Crippen LogP contribution is 2.62. The summed E-state index contributed by atoms with van der Waals surface area (Å²) in [4.78, 5) is 24.4. The Labute approximate surface area is 288 Å². The van der Waals surface area contributed by atoms with Gasteiger partial charge in [-0.2, -0.15) is 65.9 Å². The van der Waals surface area contributed by atoms with Crippen molar-refractivity contribution in [2.75, 3.05) is 6.61 Å². The number of amides is 1. The summed E-state index contributed by atoms with van der Waals surface area (Å²) >= 11 is 0. The Morgan fingerprint density at radius 2 is 0.843 bits per heavy atom. The second kappa shape index (κ2) is 20.4. The molecule has 0 aliphatic rings. The number of alkyl halides is 15. The van der Waals surface area contributed by atoms with Gasteiger partial charge in [0.25, 0.3) is 5.91 Å². The Kier molecular flexibility index (Phi) is 19.5. The van der Waals surface area contributed by atoms with Gasteiger partial charge in [-0.15, -0.1) is 0 Å². The second-order valence-corrected chi connectivity index (χ2v) is 13.1. The number of unbranched alkanes of at least 4 members (excludes halogenated alkanes) is 15. The second-order valence-electron chi connectivity index (χ2n) is 13.1. The molecule has 1 N–H and O–H groups in total. The predicted molar refractivity (Wildman–Crippen MR) is 158 cm³/mol. The van der Waals surface area contributed by atoms with Crippen LogP contribution in [0.1, 0.15) is 130 Å². The summed E-state index contributed by atoms with van der Waals surface area (Å²) in [7, 11) is 0. The van der Waals surface area contributed by atoms with Gasteiger partial charge in [-0.25, -0.2) is 4.79 Å². The number of hydrogen-bond donors (Lipinski definition) is 1. The fourth-order valence-corrected chi connectivity index (χ4v) is 4.97. The first kappa shape index (κ1) is 48.9. The average Bonchev–Trinajstić information content (AvgIpc) is 3.00. The molecule has 51 heavy (non-hydrogen) atoms. The third-order valence-corrected chi connectivity index (χ3v) is 8.15. The van der Waals surface area contributed by atoms with Crippen molar-refractivity contribution in [1.82, 2.24) is 5.32 Å². The molecule has 304 valence electrons. The zero-order valence-electron chi connectivity index (χ0n) is 28.8. The minimum atomic E-state index is -8.52. The summed E-state index contributed by atoms with van der Waals surface area (Å²) in [6.07, 6.45) is 7.96. The lowest BCUT2D eigenvalue weighted by molar-refractivity contribution is -0.449. The Balaban J connectivity index is 5.11. The fourth-order valence-electron chi connectivity index (χ4n) is 4.97. The summed E-state index contributed by atoms with van der Waals surface area (Å²) < 4.78 is 207. The van der Waals surface area contributed by atoms with E-state index in [1.165, 1.54) is 65.2 Å². The lowest BCUT2D eigenvalue weighted by Crippen LogP contribution is -2.74. The Morgan fingerprint density at radius 3 is 1.20 bits per heavy atom. The first-order chi connectivity index (χ1) is 23.2. The van der Waals surface area contributed by atoms with E-state index in [-0.39, 0.29) is 13.0 Å². The summed E-state index contributed by atoms with van der Waals surface area (Å²) in [5, 5.41) is 0.881. The minimum absolute atomic E-state index is 0.221. The fraction of sp³-hybridized carbons (Fsp3) is 0.938. The van der Waals surface area contributed by atoms with Gasteiger partial charge in [-0.1, -0.05) is 117 Å². The van der Waals surface area contributed by atoms with Gasteiger partial charge in [0.2, 0.25) is 0 Å². The summed E-state index contributed by atoms with van der Waals surface area (Å²) in [6.45, 7) is 4.39. The molecule has 0 bridgehead atoms. The molecule has 1 unspecified atom stereocenters. The van der Waals surface area contributed by atoms with Crippen molar-refractivity contribution in [3.8, 4) is 0 Å². The number of esters is 1. The number of halogens is 15. The molecular formula is C32H48F15NO3. The van der Waals surface area contributed by atoms with Crippen molar-refractivity contribution in [2.45, 2.75) is 178 Å². The summed E-state index contributed by atoms with van der Waals surface area (Å²) in [5.74, 6) is -54.6. The maximum absolute atomic E-state index is 14.3. The normalized spacial score (nSPS) is 14.6. The molecule has 0 saturated heterocycles. The Hall–Kier alpha value is -2.11. The zero-order valence-corrected chi connectivity index (χ0v) is 28.8. The maximum atomic E-state index is 14.3. The molecule has 0 heterocycles. The van der Waals surface area contributed by atoms with Gasteiger partial charge in [-0.05, 0) is 18.8 Å². The number of ether oxygens (including phenoxy) is 1. The van der Waals surface area contributed by atoms with E-state index in [0.29, 0.717) is 6.42 Å². The third kappa shape index (κ3) is 12.8. The molecule has 0 aliphatic carbocycles. The van der Waals surface area contributed by atoms with E-state index in [1.807, 2.05) is 0 Å².